The first-order valence-electron chi connectivity index (χ1n) is 10.5. The van der Waals surface area contributed by atoms with E-state index in [1.54, 1.807) is 42.5 Å². The maximum absolute atomic E-state index is 13.3. The number of ketones is 1. The molecule has 4 aromatic rings. The van der Waals surface area contributed by atoms with Crippen molar-refractivity contribution < 1.29 is 14.7 Å². The molecule has 1 aliphatic heterocycles. The van der Waals surface area contributed by atoms with Crippen LogP contribution in [-0.2, 0) is 9.59 Å². The highest BCUT2D eigenvalue weighted by Crippen LogP contribution is 2.44. The molecule has 6 nitrogen and oxygen atoms in total. The zero-order chi connectivity index (χ0) is 24.0. The van der Waals surface area contributed by atoms with Crippen LogP contribution in [0.4, 0.5) is 10.8 Å². The Kier molecular flexibility index (Phi) is 5.59. The number of fused-ring (bicyclic) bond motifs is 1. The van der Waals surface area contributed by atoms with Gasteiger partial charge in [-0.25, -0.2) is 4.98 Å². The van der Waals surface area contributed by atoms with E-state index < -0.39 is 17.7 Å². The zero-order valence-electron chi connectivity index (χ0n) is 18.4. The molecule has 0 radical (unpaired) electrons. The second-order valence-electron chi connectivity index (χ2n) is 8.13. The zero-order valence-corrected chi connectivity index (χ0v) is 20.0. The Labute approximate surface area is 205 Å². The van der Waals surface area contributed by atoms with E-state index in [2.05, 4.69) is 4.98 Å². The summed E-state index contributed by atoms with van der Waals surface area (Å²) in [5, 5.41) is 12.1. The second kappa shape index (κ2) is 8.59. The number of halogens is 1. The number of carbonyl (C=O) groups is 2. The van der Waals surface area contributed by atoms with Crippen LogP contribution in [0.2, 0.25) is 5.02 Å². The van der Waals surface area contributed by atoms with E-state index >= 15 is 0 Å². The molecule has 5 rings (SSSR count). The first kappa shape index (κ1) is 22.1. The van der Waals surface area contributed by atoms with Crippen LogP contribution < -0.4 is 9.80 Å². The topological polar surface area (TPSA) is 73.7 Å². The summed E-state index contributed by atoms with van der Waals surface area (Å²) in [6.07, 6.45) is 0. The largest absolute Gasteiger partial charge is 0.507 e. The third-order valence-corrected chi connectivity index (χ3v) is 7.01. The molecule has 1 atom stereocenters. The molecule has 1 aromatic heterocycles. The van der Waals surface area contributed by atoms with Crippen molar-refractivity contribution in [3.05, 3.63) is 94.5 Å². The third-order valence-electron chi connectivity index (χ3n) is 5.76. The summed E-state index contributed by atoms with van der Waals surface area (Å²) in [5.74, 6) is -1.70. The second-order valence-corrected chi connectivity index (χ2v) is 9.58. The smallest absolute Gasteiger partial charge is 0.301 e. The Morgan fingerprint density at radius 3 is 2.41 bits per heavy atom. The molecule has 2 heterocycles. The van der Waals surface area contributed by atoms with Crippen LogP contribution in [0.3, 0.4) is 0 Å². The van der Waals surface area contributed by atoms with E-state index in [1.807, 2.05) is 49.3 Å². The summed E-state index contributed by atoms with van der Waals surface area (Å²) < 4.78 is 0.800. The molecule has 0 saturated carbocycles. The summed E-state index contributed by atoms with van der Waals surface area (Å²) >= 11 is 7.41. The number of nitrogens with zero attached hydrogens (tertiary/aromatic N) is 3. The molecule has 0 spiro atoms. The van der Waals surface area contributed by atoms with Gasteiger partial charge in [-0.05, 0) is 35.9 Å². The lowest BCUT2D eigenvalue weighted by molar-refractivity contribution is -0.132. The van der Waals surface area contributed by atoms with Gasteiger partial charge in [-0.2, -0.15) is 0 Å². The number of amides is 1. The van der Waals surface area contributed by atoms with Gasteiger partial charge in [0.1, 0.15) is 5.76 Å². The lowest BCUT2D eigenvalue weighted by Crippen LogP contribution is -2.29. The fraction of sp³-hybridized carbons (Fsp3) is 0.115. The summed E-state index contributed by atoms with van der Waals surface area (Å²) in [5.41, 5.74) is 2.84. The van der Waals surface area contributed by atoms with Crippen molar-refractivity contribution in [2.75, 3.05) is 23.9 Å². The maximum atomic E-state index is 13.3. The molecule has 1 fully saturated rings. The number of Topliss-reactive ketones (excluding diaryl/α,β-unsaturated/α-hetero) is 1. The normalized spacial score (nSPS) is 17.5. The van der Waals surface area contributed by atoms with Crippen LogP contribution >= 0.6 is 22.9 Å². The van der Waals surface area contributed by atoms with Crippen molar-refractivity contribution >= 4 is 61.4 Å². The molecule has 1 N–H and O–H groups in total. The quantitative estimate of drug-likeness (QED) is 0.228. The molecule has 1 amide bonds. The van der Waals surface area contributed by atoms with Crippen molar-refractivity contribution in [3.63, 3.8) is 0 Å². The molecule has 1 aliphatic rings. The number of hydrogen-bond acceptors (Lipinski definition) is 6. The predicted octanol–water partition coefficient (Wildman–Crippen LogP) is 5.64. The SMILES string of the molecule is CN(C)c1ccc(C2/C(=C(\O)c3ccccc3)C(=O)C(=O)N2c2nc3ccc(Cl)cc3s2)cc1. The first-order valence-corrected chi connectivity index (χ1v) is 11.7. The minimum Gasteiger partial charge on any atom is -0.507 e. The molecular formula is C26H20ClN3O3S. The molecule has 0 aliphatic carbocycles. The number of rotatable bonds is 4. The van der Waals surface area contributed by atoms with Crippen LogP contribution in [0.25, 0.3) is 16.0 Å². The van der Waals surface area contributed by atoms with Gasteiger partial charge in [0.15, 0.2) is 5.13 Å². The number of thiazole rings is 1. The van der Waals surface area contributed by atoms with Gasteiger partial charge in [-0.1, -0.05) is 65.4 Å². The Hall–Kier alpha value is -3.68. The van der Waals surface area contributed by atoms with E-state index in [1.165, 1.54) is 16.2 Å². The predicted molar refractivity (Wildman–Crippen MR) is 137 cm³/mol. The van der Waals surface area contributed by atoms with Crippen LogP contribution in [0.1, 0.15) is 17.2 Å². The lowest BCUT2D eigenvalue weighted by atomic mass is 9.95. The third kappa shape index (κ3) is 3.73. The number of aliphatic hydroxyl groups excluding tert-OH is 1. The highest BCUT2D eigenvalue weighted by atomic mass is 35.5. The van der Waals surface area contributed by atoms with Crippen LogP contribution in [0, 0.1) is 0 Å². The van der Waals surface area contributed by atoms with Crippen molar-refractivity contribution in [2.24, 2.45) is 0 Å². The number of aromatic nitrogens is 1. The highest BCUT2D eigenvalue weighted by molar-refractivity contribution is 7.22. The van der Waals surface area contributed by atoms with Gasteiger partial charge in [0, 0.05) is 30.4 Å². The van der Waals surface area contributed by atoms with E-state index in [0.29, 0.717) is 26.8 Å². The molecule has 170 valence electrons. The first-order chi connectivity index (χ1) is 16.3. The van der Waals surface area contributed by atoms with Crippen LogP contribution in [0.15, 0.2) is 78.4 Å². The molecule has 1 saturated heterocycles. The molecule has 1 unspecified atom stereocenters. The van der Waals surface area contributed by atoms with E-state index in [-0.39, 0.29) is 11.3 Å². The fourth-order valence-corrected chi connectivity index (χ4v) is 5.31. The number of hydrogen-bond donors (Lipinski definition) is 1. The number of carbonyl (C=O) groups excluding carboxylic acids is 2. The van der Waals surface area contributed by atoms with Gasteiger partial charge in [0.2, 0.25) is 0 Å². The number of anilines is 2. The summed E-state index contributed by atoms with van der Waals surface area (Å²) in [6.45, 7) is 0. The van der Waals surface area contributed by atoms with Crippen molar-refractivity contribution in [3.8, 4) is 0 Å². The standard InChI is InChI=1S/C26H20ClN3O3S/c1-29(2)18-11-8-15(9-12-18)22-21(23(31)16-6-4-3-5-7-16)24(32)25(33)30(22)26-28-19-13-10-17(27)14-20(19)34-26/h3-14,22,31H,1-2H3/b23-21+. The van der Waals surface area contributed by atoms with Crippen LogP contribution in [0.5, 0.6) is 0 Å². The van der Waals surface area contributed by atoms with Gasteiger partial charge >= 0.3 is 5.91 Å². The van der Waals surface area contributed by atoms with E-state index in [9.17, 15) is 14.7 Å². The van der Waals surface area contributed by atoms with Gasteiger partial charge in [-0.3, -0.25) is 14.5 Å². The summed E-state index contributed by atoms with van der Waals surface area (Å²) in [6, 6.07) is 20.8. The average Bonchev–Trinajstić information content (AvgIpc) is 3.37. The Bertz CT molecular complexity index is 1450. The van der Waals surface area contributed by atoms with E-state index in [4.69, 9.17) is 11.6 Å². The maximum Gasteiger partial charge on any atom is 0.301 e. The van der Waals surface area contributed by atoms with Crippen molar-refractivity contribution in [2.45, 2.75) is 6.04 Å². The summed E-state index contributed by atoms with van der Waals surface area (Å²) in [4.78, 5) is 34.5. The van der Waals surface area contributed by atoms with Crippen molar-refractivity contribution in [1.82, 2.24) is 4.98 Å². The van der Waals surface area contributed by atoms with E-state index in [0.717, 1.165) is 10.4 Å². The van der Waals surface area contributed by atoms with Crippen molar-refractivity contribution in [1.29, 1.82) is 0 Å². The fourth-order valence-electron chi connectivity index (χ4n) is 4.04. The van der Waals surface area contributed by atoms with Crippen LogP contribution in [-0.4, -0.2) is 35.9 Å². The highest BCUT2D eigenvalue weighted by Gasteiger charge is 2.48. The molecule has 3 aromatic carbocycles. The number of aliphatic hydroxyl groups is 1. The Morgan fingerprint density at radius 2 is 1.74 bits per heavy atom. The van der Waals surface area contributed by atoms with Gasteiger partial charge in [0.25, 0.3) is 5.78 Å². The van der Waals surface area contributed by atoms with Gasteiger partial charge in [-0.15, -0.1) is 0 Å². The Balaban J connectivity index is 1.72. The average molecular weight is 490 g/mol. The number of benzene rings is 3. The van der Waals surface area contributed by atoms with Gasteiger partial charge in [0.05, 0.1) is 21.8 Å². The minimum atomic E-state index is -0.826. The Morgan fingerprint density at radius 1 is 1.03 bits per heavy atom. The minimum absolute atomic E-state index is 0.0334. The summed E-state index contributed by atoms with van der Waals surface area (Å²) in [7, 11) is 3.87. The molecule has 0 bridgehead atoms. The molecular weight excluding hydrogens is 470 g/mol. The van der Waals surface area contributed by atoms with Gasteiger partial charge < -0.3 is 10.0 Å². The molecule has 34 heavy (non-hydrogen) atoms. The lowest BCUT2D eigenvalue weighted by Gasteiger charge is -2.23. The monoisotopic (exact) mass is 489 g/mol. The molecule has 8 heteroatoms.